The maximum atomic E-state index is 14.5. The smallest absolute Gasteiger partial charge is 0.185 e. The highest BCUT2D eigenvalue weighted by Gasteiger charge is 2.71. The summed E-state index contributed by atoms with van der Waals surface area (Å²) in [6.07, 6.45) is 7.26. The summed E-state index contributed by atoms with van der Waals surface area (Å²) < 4.78 is 0. The molecule has 4 aromatic rings. The van der Waals surface area contributed by atoms with Crippen LogP contribution in [0, 0.1) is 5.41 Å². The van der Waals surface area contributed by atoms with Crippen molar-refractivity contribution in [3.63, 3.8) is 0 Å². The van der Waals surface area contributed by atoms with Gasteiger partial charge in [-0.25, -0.2) is 0 Å². The molecule has 178 valence electrons. The van der Waals surface area contributed by atoms with Crippen LogP contribution in [0.3, 0.4) is 0 Å². The average molecular weight is 483 g/mol. The minimum atomic E-state index is -1.49. The van der Waals surface area contributed by atoms with Gasteiger partial charge in [-0.2, -0.15) is 0 Å². The molecule has 0 saturated carbocycles. The highest BCUT2D eigenvalue weighted by atomic mass is 16.2. The van der Waals surface area contributed by atoms with Gasteiger partial charge in [-0.15, -0.1) is 0 Å². The second-order valence-corrected chi connectivity index (χ2v) is 9.78. The molecule has 1 saturated heterocycles. The third-order valence-corrected chi connectivity index (χ3v) is 8.08. The van der Waals surface area contributed by atoms with E-state index in [4.69, 9.17) is 0 Å². The lowest BCUT2D eigenvalue weighted by Gasteiger charge is -2.37. The van der Waals surface area contributed by atoms with Crippen LogP contribution in [0.5, 0.6) is 0 Å². The largest absolute Gasteiger partial charge is 0.352 e. The molecule has 3 heterocycles. The Labute approximate surface area is 214 Å². The number of carbonyl (C=O) groups excluding carboxylic acids is 3. The monoisotopic (exact) mass is 482 g/mol. The van der Waals surface area contributed by atoms with Gasteiger partial charge in [0.1, 0.15) is 11.5 Å². The Bertz CT molecular complexity index is 1570. The summed E-state index contributed by atoms with van der Waals surface area (Å²) in [5.74, 6) is -1.33. The highest BCUT2D eigenvalue weighted by molar-refractivity contribution is 6.32. The lowest BCUT2D eigenvalue weighted by Crippen LogP contribution is -2.48. The Morgan fingerprint density at radius 3 is 2.16 bits per heavy atom. The van der Waals surface area contributed by atoms with Crippen LogP contribution in [0.2, 0.25) is 0 Å². The average Bonchev–Trinajstić information content (AvgIpc) is 3.40. The van der Waals surface area contributed by atoms with E-state index in [0.717, 1.165) is 11.3 Å². The van der Waals surface area contributed by atoms with Gasteiger partial charge in [-0.05, 0) is 23.3 Å². The Balaban J connectivity index is 1.56. The second kappa shape index (κ2) is 7.93. The van der Waals surface area contributed by atoms with Gasteiger partial charge in [0.15, 0.2) is 17.3 Å². The molecule has 0 N–H and O–H groups in total. The molecule has 1 aliphatic carbocycles. The number of hydrogen-bond donors (Lipinski definition) is 0. The number of carbonyl (C=O) groups is 3. The number of aromatic nitrogens is 1. The summed E-state index contributed by atoms with van der Waals surface area (Å²) in [7, 11) is 0. The van der Waals surface area contributed by atoms with Gasteiger partial charge in [0.05, 0.1) is 6.04 Å². The van der Waals surface area contributed by atoms with Crippen LogP contribution in [0.25, 0.3) is 6.08 Å². The minimum absolute atomic E-state index is 0.127. The first-order chi connectivity index (χ1) is 18.1. The van der Waals surface area contributed by atoms with Crippen LogP contribution < -0.4 is 4.90 Å². The maximum Gasteiger partial charge on any atom is 0.185 e. The number of hydrogen-bond acceptors (Lipinski definition) is 5. The van der Waals surface area contributed by atoms with Crippen LogP contribution >= 0.6 is 0 Å². The predicted molar refractivity (Wildman–Crippen MR) is 141 cm³/mol. The van der Waals surface area contributed by atoms with Crippen molar-refractivity contribution in [1.29, 1.82) is 0 Å². The number of nitrogens with zero attached hydrogens (tertiary/aromatic N) is 2. The van der Waals surface area contributed by atoms with Crippen molar-refractivity contribution in [1.82, 2.24) is 4.98 Å². The molecule has 1 aromatic heterocycles. The van der Waals surface area contributed by atoms with Crippen molar-refractivity contribution in [2.45, 2.75) is 18.0 Å². The molecule has 1 fully saturated rings. The summed E-state index contributed by atoms with van der Waals surface area (Å²) in [6, 6.07) is 26.2. The Hall–Kier alpha value is -4.64. The van der Waals surface area contributed by atoms with Crippen LogP contribution in [0.4, 0.5) is 5.69 Å². The standard InChI is InChI=1S/C32H22N2O3/c35-29(21-10-2-1-3-11-21)28-27(22-12-8-18-33-19-22)32(30(36)23-13-5-6-14-24(23)31(32)37)26-17-16-20-9-4-7-15-25(20)34(26)28/h1-19,26-28H/t26?,27-,28+/m0/s1. The van der Waals surface area contributed by atoms with Crippen molar-refractivity contribution in [3.8, 4) is 0 Å². The number of benzene rings is 3. The first-order valence-electron chi connectivity index (χ1n) is 12.4. The molecule has 2 aliphatic heterocycles. The van der Waals surface area contributed by atoms with Gasteiger partial charge >= 0.3 is 0 Å². The molecule has 3 aromatic carbocycles. The zero-order valence-electron chi connectivity index (χ0n) is 19.8. The number of para-hydroxylation sites is 1. The zero-order valence-corrected chi connectivity index (χ0v) is 19.8. The molecule has 0 amide bonds. The zero-order chi connectivity index (χ0) is 25.1. The van der Waals surface area contributed by atoms with E-state index >= 15 is 0 Å². The topological polar surface area (TPSA) is 67.3 Å². The number of fused-ring (bicyclic) bond motifs is 5. The fraction of sp³-hybridized carbons (Fsp3) is 0.125. The van der Waals surface area contributed by atoms with Crippen molar-refractivity contribution in [2.75, 3.05) is 4.90 Å². The highest BCUT2D eigenvalue weighted by Crippen LogP contribution is 2.60. The summed E-state index contributed by atoms with van der Waals surface area (Å²) in [5.41, 5.74) is 2.37. The fourth-order valence-electron chi connectivity index (χ4n) is 6.62. The maximum absolute atomic E-state index is 14.5. The van der Waals surface area contributed by atoms with Gasteiger partial charge in [0.2, 0.25) is 0 Å². The summed E-state index contributed by atoms with van der Waals surface area (Å²) in [6.45, 7) is 0. The lowest BCUT2D eigenvalue weighted by atomic mass is 9.64. The second-order valence-electron chi connectivity index (χ2n) is 9.78. The van der Waals surface area contributed by atoms with Crippen molar-refractivity contribution < 1.29 is 14.4 Å². The van der Waals surface area contributed by atoms with Gasteiger partial charge in [-0.3, -0.25) is 19.4 Å². The molecule has 7 rings (SSSR count). The molecule has 3 aliphatic rings. The molecule has 5 heteroatoms. The first kappa shape index (κ1) is 21.6. The normalized spacial score (nSPS) is 22.6. The summed E-state index contributed by atoms with van der Waals surface area (Å²) >= 11 is 0. The fourth-order valence-corrected chi connectivity index (χ4v) is 6.62. The van der Waals surface area contributed by atoms with E-state index in [1.807, 2.05) is 65.6 Å². The van der Waals surface area contributed by atoms with E-state index in [2.05, 4.69) is 4.98 Å². The van der Waals surface area contributed by atoms with Crippen LogP contribution in [0.1, 0.15) is 48.1 Å². The van der Waals surface area contributed by atoms with E-state index in [1.165, 1.54) is 0 Å². The van der Waals surface area contributed by atoms with Crippen LogP contribution in [-0.4, -0.2) is 34.4 Å². The van der Waals surface area contributed by atoms with Gasteiger partial charge in [0.25, 0.3) is 0 Å². The summed E-state index contributed by atoms with van der Waals surface area (Å²) in [5, 5.41) is 0. The number of rotatable bonds is 3. The van der Waals surface area contributed by atoms with Gasteiger partial charge in [0, 0.05) is 40.7 Å². The van der Waals surface area contributed by atoms with Crippen molar-refractivity contribution in [2.24, 2.45) is 5.41 Å². The van der Waals surface area contributed by atoms with Crippen LogP contribution in [-0.2, 0) is 0 Å². The number of pyridine rings is 1. The molecule has 37 heavy (non-hydrogen) atoms. The summed E-state index contributed by atoms with van der Waals surface area (Å²) in [4.78, 5) is 49.7. The number of Topliss-reactive ketones (excluding diaryl/α,β-unsaturated/α-hetero) is 3. The number of ketones is 3. The SMILES string of the molecule is O=C(c1ccccc1)[C@H]1[C@H](c2cccnc2)C2(C(=O)c3ccccc3C2=O)C2C=Cc3ccccc3N21. The molecule has 0 bridgehead atoms. The lowest BCUT2D eigenvalue weighted by molar-refractivity contribution is 0.0666. The van der Waals surface area contributed by atoms with E-state index in [1.54, 1.807) is 54.9 Å². The molecule has 5 nitrogen and oxygen atoms in total. The number of anilines is 1. The Kier molecular flexibility index (Phi) is 4.64. The molecule has 3 atom stereocenters. The van der Waals surface area contributed by atoms with E-state index in [-0.39, 0.29) is 17.3 Å². The third-order valence-electron chi connectivity index (χ3n) is 8.08. The molecule has 1 spiro atoms. The van der Waals surface area contributed by atoms with E-state index in [9.17, 15) is 14.4 Å². The van der Waals surface area contributed by atoms with Gasteiger partial charge < -0.3 is 4.90 Å². The molecular weight excluding hydrogens is 460 g/mol. The van der Waals surface area contributed by atoms with Crippen molar-refractivity contribution >= 4 is 29.1 Å². The van der Waals surface area contributed by atoms with Crippen LogP contribution in [0.15, 0.2) is 109 Å². The van der Waals surface area contributed by atoms with Gasteiger partial charge in [-0.1, -0.05) is 91.0 Å². The van der Waals surface area contributed by atoms with Crippen molar-refractivity contribution in [3.05, 3.63) is 137 Å². The Morgan fingerprint density at radius 2 is 1.46 bits per heavy atom. The molecule has 1 unspecified atom stereocenters. The quantitative estimate of drug-likeness (QED) is 0.289. The van der Waals surface area contributed by atoms with E-state index in [0.29, 0.717) is 22.3 Å². The molecular formula is C32H22N2O3. The van der Waals surface area contributed by atoms with E-state index < -0.39 is 23.4 Å². The molecule has 0 radical (unpaired) electrons. The third kappa shape index (κ3) is 2.79. The first-order valence-corrected chi connectivity index (χ1v) is 12.4. The minimum Gasteiger partial charge on any atom is -0.352 e. The predicted octanol–water partition coefficient (Wildman–Crippen LogP) is 5.40. The Morgan fingerprint density at radius 1 is 0.784 bits per heavy atom.